The summed E-state index contributed by atoms with van der Waals surface area (Å²) in [6.45, 7) is 13.3. The highest BCUT2D eigenvalue weighted by Gasteiger charge is 2.61. The third-order valence-electron chi connectivity index (χ3n) is 12.1. The van der Waals surface area contributed by atoms with E-state index in [0.717, 1.165) is 47.8 Å². The Morgan fingerprint density at radius 2 is 1.69 bits per heavy atom. The van der Waals surface area contributed by atoms with Gasteiger partial charge in [-0.05, 0) is 116 Å². The van der Waals surface area contributed by atoms with Crippen molar-refractivity contribution in [1.82, 2.24) is 0 Å². The first-order chi connectivity index (χ1) is 15.2. The Hall–Kier alpha value is -0.0800. The van der Waals surface area contributed by atoms with Crippen LogP contribution in [0.25, 0.3) is 0 Å². The van der Waals surface area contributed by atoms with Gasteiger partial charge in [0.15, 0.2) is 0 Å². The van der Waals surface area contributed by atoms with Gasteiger partial charge in [-0.25, -0.2) is 0 Å². The molecule has 184 valence electrons. The summed E-state index contributed by atoms with van der Waals surface area (Å²) in [5.74, 6) is 7.05. The standard InChI is InChI=1S/C30H52O2/c1-19(2)7-6-8-20(3)25-11-12-26-24-10-9-22-16-28-21(15-23(31)18-32-28)17-30(22,5)27(24)13-14-29(25,26)4/h19-28,31H,6-18H2,1-5H3/t20-,21-,22-,23-,24-,25+,26-,27-,28+,29+,30-/m0/s1. The Balaban J connectivity index is 1.30. The van der Waals surface area contributed by atoms with Gasteiger partial charge in [0.05, 0.1) is 18.8 Å². The number of rotatable bonds is 5. The van der Waals surface area contributed by atoms with Gasteiger partial charge in [0.2, 0.25) is 0 Å². The van der Waals surface area contributed by atoms with Crippen LogP contribution in [0.3, 0.4) is 0 Å². The normalized spacial score (nSPS) is 51.5. The zero-order chi connectivity index (χ0) is 22.7. The van der Waals surface area contributed by atoms with E-state index in [0.29, 0.717) is 29.5 Å². The van der Waals surface area contributed by atoms with Crippen LogP contribution in [0.5, 0.6) is 0 Å². The number of hydrogen-bond donors (Lipinski definition) is 1. The first kappa shape index (κ1) is 23.7. The highest BCUT2D eigenvalue weighted by atomic mass is 16.5. The predicted molar refractivity (Wildman–Crippen MR) is 132 cm³/mol. The van der Waals surface area contributed by atoms with Gasteiger partial charge >= 0.3 is 0 Å². The van der Waals surface area contributed by atoms with Crippen molar-refractivity contribution in [3.8, 4) is 0 Å². The molecule has 5 rings (SSSR count). The second kappa shape index (κ2) is 8.85. The molecule has 32 heavy (non-hydrogen) atoms. The molecule has 4 saturated carbocycles. The van der Waals surface area contributed by atoms with Crippen LogP contribution in [0, 0.1) is 58.2 Å². The minimum Gasteiger partial charge on any atom is -0.391 e. The Kier molecular flexibility index (Phi) is 6.54. The monoisotopic (exact) mass is 444 g/mol. The van der Waals surface area contributed by atoms with Crippen LogP contribution < -0.4 is 0 Å². The van der Waals surface area contributed by atoms with Crippen molar-refractivity contribution >= 4 is 0 Å². The number of fused-ring (bicyclic) bond motifs is 6. The molecule has 1 heterocycles. The van der Waals surface area contributed by atoms with E-state index in [4.69, 9.17) is 4.74 Å². The fraction of sp³-hybridized carbons (Fsp3) is 1.00. The quantitative estimate of drug-likeness (QED) is 0.476. The average Bonchev–Trinajstić information content (AvgIpc) is 3.09. The third kappa shape index (κ3) is 3.92. The van der Waals surface area contributed by atoms with Crippen molar-refractivity contribution < 1.29 is 9.84 Å². The van der Waals surface area contributed by atoms with Gasteiger partial charge in [-0.3, -0.25) is 0 Å². The maximum atomic E-state index is 10.3. The molecular weight excluding hydrogens is 392 g/mol. The first-order valence-electron chi connectivity index (χ1n) is 14.5. The van der Waals surface area contributed by atoms with Gasteiger partial charge in [-0.1, -0.05) is 53.9 Å². The van der Waals surface area contributed by atoms with Crippen molar-refractivity contribution in [2.24, 2.45) is 58.2 Å². The lowest BCUT2D eigenvalue weighted by atomic mass is 9.43. The molecule has 0 radical (unpaired) electrons. The van der Waals surface area contributed by atoms with Gasteiger partial charge < -0.3 is 9.84 Å². The number of aliphatic hydroxyl groups is 1. The largest absolute Gasteiger partial charge is 0.391 e. The maximum Gasteiger partial charge on any atom is 0.0777 e. The molecule has 5 fully saturated rings. The van der Waals surface area contributed by atoms with E-state index in [-0.39, 0.29) is 6.10 Å². The van der Waals surface area contributed by atoms with Crippen LogP contribution in [0.1, 0.15) is 112 Å². The maximum absolute atomic E-state index is 10.3. The summed E-state index contributed by atoms with van der Waals surface area (Å²) in [6, 6.07) is 0. The van der Waals surface area contributed by atoms with Crippen molar-refractivity contribution in [1.29, 1.82) is 0 Å². The van der Waals surface area contributed by atoms with Crippen LogP contribution in [0.15, 0.2) is 0 Å². The highest BCUT2D eigenvalue weighted by Crippen LogP contribution is 2.69. The van der Waals surface area contributed by atoms with Crippen LogP contribution >= 0.6 is 0 Å². The van der Waals surface area contributed by atoms with E-state index in [9.17, 15) is 5.11 Å². The number of hydrogen-bond acceptors (Lipinski definition) is 2. The van der Waals surface area contributed by atoms with Gasteiger partial charge in [0, 0.05) is 0 Å². The van der Waals surface area contributed by atoms with Gasteiger partial charge in [-0.15, -0.1) is 0 Å². The molecule has 0 aromatic rings. The summed E-state index contributed by atoms with van der Waals surface area (Å²) in [7, 11) is 0. The molecule has 0 aromatic carbocycles. The van der Waals surface area contributed by atoms with Crippen LogP contribution in [0.2, 0.25) is 0 Å². The number of aliphatic hydroxyl groups excluding tert-OH is 1. The van der Waals surface area contributed by atoms with Crippen LogP contribution in [0.4, 0.5) is 0 Å². The average molecular weight is 445 g/mol. The molecule has 1 N–H and O–H groups in total. The molecular formula is C30H52O2. The zero-order valence-electron chi connectivity index (χ0n) is 21.8. The summed E-state index contributed by atoms with van der Waals surface area (Å²) in [5.41, 5.74) is 1.09. The SMILES string of the molecule is CC(C)CCC[C@H](C)[C@H]1CC[C@H]2[C@@H]3CC[C@H]4C[C@H]5OC[C@@H](O)C[C@H]5C[C@]4(C)[C@H]3CC[C@]12C. The minimum atomic E-state index is -0.224. The smallest absolute Gasteiger partial charge is 0.0777 e. The molecule has 5 aliphatic rings. The Bertz CT molecular complexity index is 659. The van der Waals surface area contributed by atoms with E-state index >= 15 is 0 Å². The fourth-order valence-corrected chi connectivity index (χ4v) is 10.5. The van der Waals surface area contributed by atoms with E-state index in [1.165, 1.54) is 70.6 Å². The first-order valence-corrected chi connectivity index (χ1v) is 14.5. The molecule has 11 atom stereocenters. The van der Waals surface area contributed by atoms with Gasteiger partial charge in [-0.2, -0.15) is 0 Å². The Morgan fingerprint density at radius 3 is 2.47 bits per heavy atom. The van der Waals surface area contributed by atoms with E-state index in [1.54, 1.807) is 0 Å². The second-order valence-corrected chi connectivity index (χ2v) is 14.1. The Labute approximate surface area is 198 Å². The summed E-state index contributed by atoms with van der Waals surface area (Å²) < 4.78 is 6.15. The van der Waals surface area contributed by atoms with E-state index in [2.05, 4.69) is 34.6 Å². The van der Waals surface area contributed by atoms with E-state index < -0.39 is 0 Å². The molecule has 0 amide bonds. The summed E-state index contributed by atoms with van der Waals surface area (Å²) in [4.78, 5) is 0. The molecule has 1 saturated heterocycles. The molecule has 2 nitrogen and oxygen atoms in total. The summed E-state index contributed by atoms with van der Waals surface area (Å²) in [5, 5.41) is 10.3. The molecule has 0 spiro atoms. The highest BCUT2D eigenvalue weighted by molar-refractivity contribution is 5.11. The van der Waals surface area contributed by atoms with Gasteiger partial charge in [0.1, 0.15) is 0 Å². The predicted octanol–water partition coefficient (Wildman–Crippen LogP) is 7.48. The van der Waals surface area contributed by atoms with Crippen molar-refractivity contribution in [2.45, 2.75) is 124 Å². The Morgan fingerprint density at radius 1 is 0.906 bits per heavy atom. The molecule has 0 bridgehead atoms. The lowest BCUT2D eigenvalue weighted by Gasteiger charge is -2.63. The fourth-order valence-electron chi connectivity index (χ4n) is 10.5. The third-order valence-corrected chi connectivity index (χ3v) is 12.1. The van der Waals surface area contributed by atoms with Crippen molar-refractivity contribution in [2.75, 3.05) is 6.61 Å². The summed E-state index contributed by atoms with van der Waals surface area (Å²) >= 11 is 0. The van der Waals surface area contributed by atoms with Crippen LogP contribution in [-0.4, -0.2) is 23.9 Å². The molecule has 4 aliphatic carbocycles. The topological polar surface area (TPSA) is 29.5 Å². The lowest BCUT2D eigenvalue weighted by molar-refractivity contribution is -0.181. The minimum absolute atomic E-state index is 0.224. The summed E-state index contributed by atoms with van der Waals surface area (Å²) in [6.07, 6.45) is 17.0. The molecule has 0 aromatic heterocycles. The second-order valence-electron chi connectivity index (χ2n) is 14.1. The van der Waals surface area contributed by atoms with Crippen molar-refractivity contribution in [3.05, 3.63) is 0 Å². The van der Waals surface area contributed by atoms with Crippen LogP contribution in [-0.2, 0) is 4.74 Å². The molecule has 2 heteroatoms. The van der Waals surface area contributed by atoms with E-state index in [1.807, 2.05) is 0 Å². The lowest BCUT2D eigenvalue weighted by Crippen LogP contribution is -2.57. The molecule has 0 unspecified atom stereocenters. The number of ether oxygens (including phenoxy) is 1. The van der Waals surface area contributed by atoms with Gasteiger partial charge in [0.25, 0.3) is 0 Å². The zero-order valence-corrected chi connectivity index (χ0v) is 21.8. The van der Waals surface area contributed by atoms with Crippen molar-refractivity contribution in [3.63, 3.8) is 0 Å². The molecule has 1 aliphatic heterocycles.